The van der Waals surface area contributed by atoms with Crippen molar-refractivity contribution in [1.29, 1.82) is 0 Å². The number of halogens is 2. The second-order valence-corrected chi connectivity index (χ2v) is 11.1. The Morgan fingerprint density at radius 1 is 0.955 bits per heavy atom. The summed E-state index contributed by atoms with van der Waals surface area (Å²) in [5.41, 5.74) is 7.25. The van der Waals surface area contributed by atoms with E-state index in [4.69, 9.17) is 30.6 Å². The fourth-order valence-corrected chi connectivity index (χ4v) is 5.39. The van der Waals surface area contributed by atoms with Crippen molar-refractivity contribution in [1.82, 2.24) is 9.99 Å². The number of furan rings is 1. The fraction of sp³-hybridized carbons (Fsp3) is 0.121. The molecular weight excluding hydrogens is 650 g/mol. The summed E-state index contributed by atoms with van der Waals surface area (Å²) in [4.78, 5) is 23.7. The van der Waals surface area contributed by atoms with Gasteiger partial charge in [0.15, 0.2) is 5.76 Å². The van der Waals surface area contributed by atoms with E-state index in [1.807, 2.05) is 24.3 Å². The van der Waals surface area contributed by atoms with Gasteiger partial charge in [-0.1, -0.05) is 23.7 Å². The summed E-state index contributed by atoms with van der Waals surface area (Å²) in [5.74, 6) is 0.119. The highest BCUT2D eigenvalue weighted by atomic mass is 79.9. The van der Waals surface area contributed by atoms with Crippen molar-refractivity contribution in [2.75, 3.05) is 0 Å². The average molecular weight is 677 g/mol. The van der Waals surface area contributed by atoms with E-state index in [1.165, 1.54) is 18.3 Å². The predicted octanol–water partition coefficient (Wildman–Crippen LogP) is 7.72. The van der Waals surface area contributed by atoms with Crippen LogP contribution in [-0.4, -0.2) is 27.8 Å². The number of hydrogen-bond donors (Lipinski definition) is 2. The van der Waals surface area contributed by atoms with Crippen molar-refractivity contribution in [2.24, 2.45) is 5.10 Å². The molecule has 44 heavy (non-hydrogen) atoms. The number of aryl methyl sites for hydroxylation is 2. The summed E-state index contributed by atoms with van der Waals surface area (Å²) >= 11 is 9.67. The minimum Gasteiger partial charge on any atom is -0.487 e. The normalized spacial score (nSPS) is 11.1. The first-order valence-corrected chi connectivity index (χ1v) is 14.6. The molecule has 0 radical (unpaired) electrons. The molecule has 0 unspecified atom stereocenters. The number of ether oxygens (including phenoxy) is 2. The average Bonchev–Trinajstić information content (AvgIpc) is 3.62. The van der Waals surface area contributed by atoms with E-state index >= 15 is 0 Å². The molecule has 0 aliphatic rings. The number of hydrogen-bond acceptors (Lipinski definition) is 6. The zero-order valence-corrected chi connectivity index (χ0v) is 26.1. The third-order valence-electron chi connectivity index (χ3n) is 6.62. The van der Waals surface area contributed by atoms with Gasteiger partial charge >= 0.3 is 11.9 Å². The summed E-state index contributed by atoms with van der Waals surface area (Å²) < 4.78 is 20.2. The molecule has 0 aliphatic carbocycles. The van der Waals surface area contributed by atoms with Gasteiger partial charge in [-0.2, -0.15) is 5.10 Å². The fourth-order valence-electron chi connectivity index (χ4n) is 4.44. The molecule has 11 heteroatoms. The number of benzene rings is 3. The van der Waals surface area contributed by atoms with Gasteiger partial charge < -0.3 is 23.6 Å². The van der Waals surface area contributed by atoms with Crippen molar-refractivity contribution in [3.8, 4) is 17.2 Å². The van der Waals surface area contributed by atoms with Crippen LogP contribution in [0, 0.1) is 13.8 Å². The SMILES string of the molecule is Cc1ccc(C)n1-c1ccc(OCc2ccc(C(=O)N/N=C/c3cc(Cl)cc(Br)c3OCc3ccc(C(=O)O)cc3)o2)cc1. The van der Waals surface area contributed by atoms with Gasteiger partial charge in [0, 0.05) is 27.7 Å². The Bertz CT molecular complexity index is 1810. The number of hydrazone groups is 1. The van der Waals surface area contributed by atoms with Crippen molar-refractivity contribution in [3.63, 3.8) is 0 Å². The third-order valence-corrected chi connectivity index (χ3v) is 7.43. The van der Waals surface area contributed by atoms with Crippen LogP contribution in [0.5, 0.6) is 11.5 Å². The van der Waals surface area contributed by atoms with E-state index in [1.54, 1.807) is 36.4 Å². The van der Waals surface area contributed by atoms with Crippen molar-refractivity contribution in [3.05, 3.63) is 134 Å². The molecule has 0 atom stereocenters. The molecule has 5 rings (SSSR count). The minimum atomic E-state index is -1.00. The topological polar surface area (TPSA) is 115 Å². The van der Waals surface area contributed by atoms with Crippen LogP contribution in [0.1, 0.15) is 49.2 Å². The number of nitrogens with one attached hydrogen (secondary N) is 1. The quantitative estimate of drug-likeness (QED) is 0.109. The van der Waals surface area contributed by atoms with Crippen LogP contribution in [-0.2, 0) is 13.2 Å². The van der Waals surface area contributed by atoms with Crippen molar-refractivity contribution < 1.29 is 28.6 Å². The maximum absolute atomic E-state index is 12.7. The van der Waals surface area contributed by atoms with Crippen LogP contribution in [0.3, 0.4) is 0 Å². The molecule has 2 N–H and O–H groups in total. The molecule has 0 spiro atoms. The first kappa shape index (κ1) is 30.7. The minimum absolute atomic E-state index is 0.0724. The molecule has 0 bridgehead atoms. The highest BCUT2D eigenvalue weighted by molar-refractivity contribution is 9.10. The zero-order valence-electron chi connectivity index (χ0n) is 23.7. The number of carboxylic acids is 1. The highest BCUT2D eigenvalue weighted by Crippen LogP contribution is 2.32. The molecule has 9 nitrogen and oxygen atoms in total. The Balaban J connectivity index is 1.17. The first-order chi connectivity index (χ1) is 21.2. The van der Waals surface area contributed by atoms with E-state index < -0.39 is 11.9 Å². The van der Waals surface area contributed by atoms with E-state index in [9.17, 15) is 9.59 Å². The predicted molar refractivity (Wildman–Crippen MR) is 170 cm³/mol. The van der Waals surface area contributed by atoms with Crippen molar-refractivity contribution >= 4 is 45.6 Å². The maximum Gasteiger partial charge on any atom is 0.335 e. The summed E-state index contributed by atoms with van der Waals surface area (Å²) in [7, 11) is 0. The molecule has 0 saturated carbocycles. The van der Waals surface area contributed by atoms with Gasteiger partial charge in [-0.3, -0.25) is 4.79 Å². The molecule has 0 fully saturated rings. The van der Waals surface area contributed by atoms with Crippen LogP contribution < -0.4 is 14.9 Å². The van der Waals surface area contributed by atoms with Crippen LogP contribution in [0.4, 0.5) is 0 Å². The van der Waals surface area contributed by atoms with Gasteiger partial charge in [0.2, 0.25) is 0 Å². The maximum atomic E-state index is 12.7. The van der Waals surface area contributed by atoms with E-state index in [0.29, 0.717) is 32.3 Å². The Kier molecular flexibility index (Phi) is 9.52. The summed E-state index contributed by atoms with van der Waals surface area (Å²) in [6.45, 7) is 4.43. The second-order valence-electron chi connectivity index (χ2n) is 9.80. The molecule has 5 aromatic rings. The van der Waals surface area contributed by atoms with Gasteiger partial charge in [-0.15, -0.1) is 0 Å². The number of aromatic nitrogens is 1. The van der Waals surface area contributed by atoms with Crippen molar-refractivity contribution in [2.45, 2.75) is 27.1 Å². The summed E-state index contributed by atoms with van der Waals surface area (Å²) in [6, 6.07) is 24.8. The highest BCUT2D eigenvalue weighted by Gasteiger charge is 2.13. The number of aromatic carboxylic acids is 1. The number of amides is 1. The van der Waals surface area contributed by atoms with Gasteiger partial charge in [0.25, 0.3) is 0 Å². The molecule has 1 amide bonds. The van der Waals surface area contributed by atoms with Crippen LogP contribution in [0.25, 0.3) is 5.69 Å². The molecule has 3 aromatic carbocycles. The Morgan fingerprint density at radius 2 is 1.66 bits per heavy atom. The zero-order chi connectivity index (χ0) is 31.2. The lowest BCUT2D eigenvalue weighted by Crippen LogP contribution is -2.17. The van der Waals surface area contributed by atoms with Crippen LogP contribution >= 0.6 is 27.5 Å². The molecule has 0 aliphatic heterocycles. The van der Waals surface area contributed by atoms with Crippen LogP contribution in [0.2, 0.25) is 5.02 Å². The number of nitrogens with zero attached hydrogens (tertiary/aromatic N) is 2. The smallest absolute Gasteiger partial charge is 0.335 e. The van der Waals surface area contributed by atoms with Crippen LogP contribution in [0.15, 0.2) is 98.9 Å². The van der Waals surface area contributed by atoms with Gasteiger partial charge in [-0.25, -0.2) is 10.2 Å². The molecule has 0 saturated heterocycles. The summed E-state index contributed by atoms with van der Waals surface area (Å²) in [5, 5.41) is 13.6. The largest absolute Gasteiger partial charge is 0.487 e. The number of carbonyl (C=O) groups excluding carboxylic acids is 1. The Morgan fingerprint density at radius 3 is 2.34 bits per heavy atom. The van der Waals surface area contributed by atoms with Gasteiger partial charge in [-0.05, 0) is 108 Å². The molecule has 224 valence electrons. The van der Waals surface area contributed by atoms with E-state index in [0.717, 1.165) is 22.6 Å². The third kappa shape index (κ3) is 7.39. The lowest BCUT2D eigenvalue weighted by molar-refractivity contribution is 0.0696. The molecular formula is C33H27BrClN3O6. The van der Waals surface area contributed by atoms with E-state index in [2.05, 4.69) is 57.0 Å². The number of rotatable bonds is 11. The Labute approximate surface area is 266 Å². The first-order valence-electron chi connectivity index (χ1n) is 13.4. The summed E-state index contributed by atoms with van der Waals surface area (Å²) in [6.07, 6.45) is 1.41. The number of carboxylic acid groups (broad SMARTS) is 1. The number of carbonyl (C=O) groups is 2. The molecule has 2 aromatic heterocycles. The lowest BCUT2D eigenvalue weighted by atomic mass is 10.1. The van der Waals surface area contributed by atoms with Gasteiger partial charge in [0.05, 0.1) is 16.3 Å². The van der Waals surface area contributed by atoms with E-state index in [-0.39, 0.29) is 24.5 Å². The standard InChI is InChI=1S/C33H27BrClN3O6/c1-20-3-4-21(2)38(20)26-9-11-27(12-10-26)42-19-28-13-14-30(44-28)32(39)37-36-17-24-15-25(35)16-29(34)31(24)43-18-22-5-7-23(8-6-22)33(40)41/h3-17H,18-19H2,1-2H3,(H,37,39)(H,40,41)/b36-17+. The second kappa shape index (κ2) is 13.7. The molecule has 2 heterocycles. The lowest BCUT2D eigenvalue weighted by Gasteiger charge is -2.12. The monoisotopic (exact) mass is 675 g/mol. The van der Waals surface area contributed by atoms with Gasteiger partial charge in [0.1, 0.15) is 30.5 Å². The Hall–Kier alpha value is -4.80.